The van der Waals surface area contributed by atoms with Gasteiger partial charge in [-0.25, -0.2) is 4.98 Å². The third-order valence-electron chi connectivity index (χ3n) is 5.97. The summed E-state index contributed by atoms with van der Waals surface area (Å²) in [5, 5.41) is 1.34. The van der Waals surface area contributed by atoms with Crippen LogP contribution in [0.2, 0.25) is 5.02 Å². The number of aromatic amines is 1. The van der Waals surface area contributed by atoms with E-state index in [2.05, 4.69) is 19.9 Å². The zero-order valence-electron chi connectivity index (χ0n) is 17.9. The first kappa shape index (κ1) is 24.1. The number of hydrogen-bond acceptors (Lipinski definition) is 6. The lowest BCUT2D eigenvalue weighted by molar-refractivity contribution is -0.155. The number of benzene rings is 1. The summed E-state index contributed by atoms with van der Waals surface area (Å²) in [4.78, 5) is 14.0. The Hall–Kier alpha value is -2.64. The van der Waals surface area contributed by atoms with Crippen molar-refractivity contribution in [2.75, 3.05) is 31.3 Å². The largest absolute Gasteiger partial charge is 0.451 e. The van der Waals surface area contributed by atoms with Crippen molar-refractivity contribution in [1.82, 2.24) is 19.9 Å². The van der Waals surface area contributed by atoms with Crippen molar-refractivity contribution in [1.29, 1.82) is 0 Å². The molecule has 0 aliphatic carbocycles. The molecule has 0 bridgehead atoms. The van der Waals surface area contributed by atoms with Crippen LogP contribution in [0.5, 0.6) is 0 Å². The second kappa shape index (κ2) is 8.79. The lowest BCUT2D eigenvalue weighted by Gasteiger charge is -2.38. The van der Waals surface area contributed by atoms with Gasteiger partial charge >= 0.3 is 12.4 Å². The van der Waals surface area contributed by atoms with E-state index < -0.39 is 42.1 Å². The topological polar surface area (TPSA) is 76.2 Å². The van der Waals surface area contributed by atoms with Gasteiger partial charge in [-0.15, -0.1) is 0 Å². The smallest absolute Gasteiger partial charge is 0.376 e. The Morgan fingerprint density at radius 2 is 1.74 bits per heavy atom. The molecule has 0 radical (unpaired) electrons. The molecule has 2 aromatic heterocycles. The van der Waals surface area contributed by atoms with E-state index in [0.717, 1.165) is 16.5 Å². The molecular weight excluding hydrogens is 504 g/mol. The lowest BCUT2D eigenvalue weighted by atomic mass is 9.93. The Morgan fingerprint density at radius 3 is 2.37 bits per heavy atom. The number of halogens is 7. The fourth-order valence-corrected chi connectivity index (χ4v) is 4.66. The first-order valence-electron chi connectivity index (χ1n) is 10.7. The predicted octanol–water partition coefficient (Wildman–Crippen LogP) is 4.95. The standard InChI is InChI=1S/C21H18ClF6N5O2/c22-10-1-2-14-13(7-10)12-3-4-33(15(16(12)29-14)8-11-9-34-5-6-35-11)19-31-17(20(23,24)25)30-18(32-19)21(26,27)28/h1-2,7,11,15,29H,3-6,8-9H2/t11?,15-/m1/s1. The SMILES string of the molecule is FC(F)(F)c1nc(N2CCc3c([nH]c4ccc(Cl)cc34)[C@H]2CC2COCCO2)nc(C(F)(F)F)n1. The minimum absolute atomic E-state index is 0.0727. The molecule has 0 amide bonds. The van der Waals surface area contributed by atoms with Crippen molar-refractivity contribution in [3.63, 3.8) is 0 Å². The Kier molecular flexibility index (Phi) is 6.04. The number of H-pyrrole nitrogens is 1. The molecule has 35 heavy (non-hydrogen) atoms. The number of fused-ring (bicyclic) bond motifs is 3. The zero-order chi connectivity index (χ0) is 25.0. The van der Waals surface area contributed by atoms with Crippen LogP contribution in [0, 0.1) is 0 Å². The Balaban J connectivity index is 1.63. The number of ether oxygens (including phenoxy) is 2. The minimum atomic E-state index is -5.19. The Labute approximate surface area is 199 Å². The van der Waals surface area contributed by atoms with Crippen LogP contribution in [0.1, 0.15) is 35.4 Å². The van der Waals surface area contributed by atoms with Gasteiger partial charge in [0.05, 0.1) is 32.0 Å². The number of anilines is 1. The van der Waals surface area contributed by atoms with Crippen molar-refractivity contribution in [2.24, 2.45) is 0 Å². The van der Waals surface area contributed by atoms with Gasteiger partial charge in [0.2, 0.25) is 17.6 Å². The van der Waals surface area contributed by atoms with Crippen molar-refractivity contribution in [2.45, 2.75) is 37.3 Å². The van der Waals surface area contributed by atoms with Gasteiger partial charge in [0.1, 0.15) is 0 Å². The number of hydrogen-bond donors (Lipinski definition) is 1. The molecule has 1 aromatic carbocycles. The molecule has 7 nitrogen and oxygen atoms in total. The first-order chi connectivity index (χ1) is 16.5. The van der Waals surface area contributed by atoms with E-state index in [1.54, 1.807) is 18.2 Å². The number of alkyl halides is 6. The van der Waals surface area contributed by atoms with Crippen LogP contribution < -0.4 is 4.90 Å². The molecule has 0 spiro atoms. The quantitative estimate of drug-likeness (QED) is 0.491. The number of aromatic nitrogens is 4. The van der Waals surface area contributed by atoms with Crippen LogP contribution in [0.4, 0.5) is 32.3 Å². The summed E-state index contributed by atoms with van der Waals surface area (Å²) >= 11 is 6.15. The summed E-state index contributed by atoms with van der Waals surface area (Å²) < 4.78 is 91.5. The Morgan fingerprint density at radius 1 is 1.03 bits per heavy atom. The summed E-state index contributed by atoms with van der Waals surface area (Å²) in [7, 11) is 0. The predicted molar refractivity (Wildman–Crippen MR) is 112 cm³/mol. The average Bonchev–Trinajstić information content (AvgIpc) is 3.17. The highest BCUT2D eigenvalue weighted by Crippen LogP contribution is 2.41. The molecule has 1 fully saturated rings. The monoisotopic (exact) mass is 521 g/mol. The molecule has 2 aliphatic rings. The van der Waals surface area contributed by atoms with Crippen molar-refractivity contribution >= 4 is 28.5 Å². The minimum Gasteiger partial charge on any atom is -0.376 e. The van der Waals surface area contributed by atoms with E-state index >= 15 is 0 Å². The Bertz CT molecular complexity index is 1210. The van der Waals surface area contributed by atoms with E-state index in [-0.39, 0.29) is 19.6 Å². The van der Waals surface area contributed by atoms with E-state index in [0.29, 0.717) is 30.4 Å². The van der Waals surface area contributed by atoms with Gasteiger partial charge in [-0.1, -0.05) is 11.6 Å². The van der Waals surface area contributed by atoms with Gasteiger partial charge in [0, 0.05) is 34.6 Å². The molecule has 2 atom stereocenters. The van der Waals surface area contributed by atoms with Gasteiger partial charge < -0.3 is 19.4 Å². The van der Waals surface area contributed by atoms with Crippen LogP contribution in [0.25, 0.3) is 10.9 Å². The molecule has 1 unspecified atom stereocenters. The summed E-state index contributed by atoms with van der Waals surface area (Å²) in [6, 6.07) is 4.52. The normalized spacial score (nSPS) is 21.4. The third-order valence-corrected chi connectivity index (χ3v) is 6.21. The molecule has 5 rings (SSSR count). The first-order valence-corrected chi connectivity index (χ1v) is 11.0. The summed E-state index contributed by atoms with van der Waals surface area (Å²) in [6.45, 7) is 1.04. The number of nitrogens with one attached hydrogen (secondary N) is 1. The highest BCUT2D eigenvalue weighted by atomic mass is 35.5. The maximum Gasteiger partial charge on any atom is 0.451 e. The van der Waals surface area contributed by atoms with Crippen molar-refractivity contribution in [3.05, 3.63) is 46.1 Å². The molecule has 188 valence electrons. The molecule has 4 heterocycles. The van der Waals surface area contributed by atoms with Crippen LogP contribution in [0.15, 0.2) is 18.2 Å². The van der Waals surface area contributed by atoms with Gasteiger partial charge in [-0.2, -0.15) is 36.3 Å². The van der Waals surface area contributed by atoms with Crippen molar-refractivity contribution < 1.29 is 35.8 Å². The molecule has 14 heteroatoms. The van der Waals surface area contributed by atoms with Gasteiger partial charge in [0.15, 0.2) is 0 Å². The lowest BCUT2D eigenvalue weighted by Crippen LogP contribution is -2.41. The summed E-state index contributed by atoms with van der Waals surface area (Å²) in [5.41, 5.74) is 2.25. The van der Waals surface area contributed by atoms with Gasteiger partial charge in [-0.05, 0) is 30.2 Å². The summed E-state index contributed by atoms with van der Waals surface area (Å²) in [6.07, 6.45) is -10.3. The molecule has 2 aliphatic heterocycles. The summed E-state index contributed by atoms with van der Waals surface area (Å²) in [5.74, 6) is -4.51. The highest BCUT2D eigenvalue weighted by Gasteiger charge is 2.43. The second-order valence-corrected chi connectivity index (χ2v) is 8.68. The maximum absolute atomic E-state index is 13.4. The highest BCUT2D eigenvalue weighted by molar-refractivity contribution is 6.31. The number of rotatable bonds is 3. The van der Waals surface area contributed by atoms with Gasteiger partial charge in [0.25, 0.3) is 0 Å². The fraction of sp³-hybridized carbons (Fsp3) is 0.476. The van der Waals surface area contributed by atoms with Crippen LogP contribution >= 0.6 is 11.6 Å². The molecule has 0 saturated carbocycles. The molecule has 3 aromatic rings. The third kappa shape index (κ3) is 4.76. The van der Waals surface area contributed by atoms with E-state index in [4.69, 9.17) is 21.1 Å². The van der Waals surface area contributed by atoms with Gasteiger partial charge in [-0.3, -0.25) is 0 Å². The van der Waals surface area contributed by atoms with E-state index in [9.17, 15) is 26.3 Å². The second-order valence-electron chi connectivity index (χ2n) is 8.25. The van der Waals surface area contributed by atoms with Crippen LogP contribution in [0.3, 0.4) is 0 Å². The van der Waals surface area contributed by atoms with Crippen molar-refractivity contribution in [3.8, 4) is 0 Å². The van der Waals surface area contributed by atoms with Crippen LogP contribution in [-0.4, -0.2) is 52.4 Å². The molecule has 1 saturated heterocycles. The number of nitrogens with zero attached hydrogens (tertiary/aromatic N) is 4. The average molecular weight is 522 g/mol. The molecular formula is C21H18ClF6N5O2. The fourth-order valence-electron chi connectivity index (χ4n) is 4.49. The van der Waals surface area contributed by atoms with E-state index in [1.165, 1.54) is 4.90 Å². The molecule has 1 N–H and O–H groups in total. The van der Waals surface area contributed by atoms with E-state index in [1.807, 2.05) is 0 Å². The maximum atomic E-state index is 13.4. The zero-order valence-corrected chi connectivity index (χ0v) is 18.6. The van der Waals surface area contributed by atoms with Crippen LogP contribution in [-0.2, 0) is 28.2 Å².